The van der Waals surface area contributed by atoms with Gasteiger partial charge in [-0.25, -0.2) is 0 Å². The van der Waals surface area contributed by atoms with Crippen molar-refractivity contribution in [3.8, 4) is 0 Å². The van der Waals surface area contributed by atoms with Crippen LogP contribution in [0.3, 0.4) is 0 Å². The Labute approximate surface area is 78.1 Å². The first kappa shape index (κ1) is 7.80. The van der Waals surface area contributed by atoms with Crippen molar-refractivity contribution in [2.45, 2.75) is 31.8 Å². The van der Waals surface area contributed by atoms with Gasteiger partial charge in [-0.1, -0.05) is 18.0 Å². The zero-order valence-electron chi connectivity index (χ0n) is 7.74. The van der Waals surface area contributed by atoms with Crippen LogP contribution in [0.1, 0.15) is 25.7 Å². The maximum absolute atomic E-state index is 5.73. The van der Waals surface area contributed by atoms with E-state index in [1.54, 1.807) is 0 Å². The second-order valence-corrected chi connectivity index (χ2v) is 4.42. The Morgan fingerprint density at radius 3 is 3.15 bits per heavy atom. The molecule has 1 aliphatic carbocycles. The van der Waals surface area contributed by atoms with E-state index in [9.17, 15) is 0 Å². The van der Waals surface area contributed by atoms with Crippen molar-refractivity contribution in [2.75, 3.05) is 13.2 Å². The van der Waals surface area contributed by atoms with Crippen molar-refractivity contribution in [1.29, 1.82) is 0 Å². The van der Waals surface area contributed by atoms with Gasteiger partial charge in [0.15, 0.2) is 0 Å². The lowest BCUT2D eigenvalue weighted by atomic mass is 9.93. The smallest absolute Gasteiger partial charge is 0.125 e. The number of nitrogens with zero attached hydrogens (tertiary/aromatic N) is 1. The van der Waals surface area contributed by atoms with Crippen molar-refractivity contribution < 1.29 is 9.57 Å². The Morgan fingerprint density at radius 1 is 1.38 bits per heavy atom. The molecule has 3 heteroatoms. The molecule has 0 unspecified atom stereocenters. The molecule has 3 rings (SSSR count). The fourth-order valence-electron chi connectivity index (χ4n) is 2.21. The lowest BCUT2D eigenvalue weighted by molar-refractivity contribution is 0.0352. The number of rotatable bonds is 2. The highest BCUT2D eigenvalue weighted by Gasteiger charge is 2.35. The molecule has 0 aromatic heterocycles. The summed E-state index contributed by atoms with van der Waals surface area (Å²) in [6.07, 6.45) is 5.72. The molecule has 0 radical (unpaired) electrons. The summed E-state index contributed by atoms with van der Waals surface area (Å²) in [6, 6.07) is 0. The predicted molar refractivity (Wildman–Crippen MR) is 48.6 cm³/mol. The number of hydrogen-bond acceptors (Lipinski definition) is 3. The molecular formula is C10H15NO2. The van der Waals surface area contributed by atoms with E-state index in [1.807, 2.05) is 0 Å². The first-order valence-corrected chi connectivity index (χ1v) is 5.22. The van der Waals surface area contributed by atoms with E-state index >= 15 is 0 Å². The topological polar surface area (TPSA) is 30.8 Å². The lowest BCUT2D eigenvalue weighted by Gasteiger charge is -2.26. The molecule has 72 valence electrons. The molecule has 2 aliphatic heterocycles. The Hall–Kier alpha value is -0.570. The minimum absolute atomic E-state index is 0.484. The minimum atomic E-state index is 0.484. The monoisotopic (exact) mass is 181 g/mol. The van der Waals surface area contributed by atoms with Gasteiger partial charge in [0.1, 0.15) is 6.61 Å². The third-order valence-electron chi connectivity index (χ3n) is 3.24. The fourth-order valence-corrected chi connectivity index (χ4v) is 2.21. The molecule has 0 aromatic carbocycles. The quantitative estimate of drug-likeness (QED) is 0.647. The summed E-state index contributed by atoms with van der Waals surface area (Å²) in [7, 11) is 0. The molecule has 2 heterocycles. The summed E-state index contributed by atoms with van der Waals surface area (Å²) in [6.45, 7) is 1.50. The minimum Gasteiger partial charge on any atom is -0.395 e. The van der Waals surface area contributed by atoms with E-state index in [1.165, 1.54) is 19.3 Å². The molecule has 2 fully saturated rings. The van der Waals surface area contributed by atoms with Gasteiger partial charge in [0, 0.05) is 5.92 Å². The Bertz CT molecular complexity index is 235. The van der Waals surface area contributed by atoms with Gasteiger partial charge in [-0.2, -0.15) is 0 Å². The normalized spacial score (nSPS) is 38.0. The van der Waals surface area contributed by atoms with Crippen molar-refractivity contribution >= 4 is 5.71 Å². The number of oxime groups is 1. The van der Waals surface area contributed by atoms with Gasteiger partial charge in [-0.3, -0.25) is 0 Å². The van der Waals surface area contributed by atoms with Crippen LogP contribution in [0.2, 0.25) is 0 Å². The second kappa shape index (κ2) is 2.98. The lowest BCUT2D eigenvalue weighted by Crippen LogP contribution is -2.33. The summed E-state index contributed by atoms with van der Waals surface area (Å²) in [4.78, 5) is 5.07. The molecule has 0 bridgehead atoms. The van der Waals surface area contributed by atoms with E-state index in [4.69, 9.17) is 9.57 Å². The Morgan fingerprint density at radius 2 is 2.31 bits per heavy atom. The highest BCUT2D eigenvalue weighted by atomic mass is 16.6. The van der Waals surface area contributed by atoms with Crippen molar-refractivity contribution in [1.82, 2.24) is 0 Å². The van der Waals surface area contributed by atoms with Gasteiger partial charge in [-0.05, 0) is 18.8 Å². The molecule has 0 amide bonds. The maximum Gasteiger partial charge on any atom is 0.125 e. The zero-order valence-corrected chi connectivity index (χ0v) is 7.74. The van der Waals surface area contributed by atoms with Gasteiger partial charge in [-0.15, -0.1) is 0 Å². The maximum atomic E-state index is 5.73. The average Bonchev–Trinajstić information content (AvgIpc) is 2.83. The number of fused-ring (bicyclic) bond motifs is 1. The van der Waals surface area contributed by atoms with Gasteiger partial charge in [0.05, 0.1) is 18.4 Å². The molecule has 13 heavy (non-hydrogen) atoms. The summed E-state index contributed by atoms with van der Waals surface area (Å²) in [5.41, 5.74) is 1.13. The van der Waals surface area contributed by atoms with Gasteiger partial charge < -0.3 is 9.57 Å². The molecular weight excluding hydrogens is 166 g/mol. The van der Waals surface area contributed by atoms with Crippen molar-refractivity contribution in [3.63, 3.8) is 0 Å². The molecule has 1 saturated heterocycles. The van der Waals surface area contributed by atoms with E-state index in [-0.39, 0.29) is 0 Å². The number of ether oxygens (including phenoxy) is 1. The van der Waals surface area contributed by atoms with Crippen LogP contribution in [0.15, 0.2) is 5.16 Å². The fraction of sp³-hybridized carbons (Fsp3) is 0.900. The molecule has 0 aromatic rings. The molecule has 0 N–H and O–H groups in total. The van der Waals surface area contributed by atoms with Gasteiger partial charge in [0.2, 0.25) is 0 Å². The third-order valence-corrected chi connectivity index (χ3v) is 3.24. The molecule has 3 aliphatic rings. The molecule has 0 spiro atoms. The third kappa shape index (κ3) is 1.57. The van der Waals surface area contributed by atoms with Crippen LogP contribution >= 0.6 is 0 Å². The Balaban J connectivity index is 1.58. The molecule has 2 atom stereocenters. The SMILES string of the molecule is C1O[C@@H](CC2CC2)C[C@H]2CON=C12. The van der Waals surface area contributed by atoms with Crippen LogP contribution in [0.5, 0.6) is 0 Å². The van der Waals surface area contributed by atoms with Crippen molar-refractivity contribution in [2.24, 2.45) is 17.0 Å². The van der Waals surface area contributed by atoms with Crippen LogP contribution in [0.4, 0.5) is 0 Å². The largest absolute Gasteiger partial charge is 0.395 e. The predicted octanol–water partition coefficient (Wildman–Crippen LogP) is 1.58. The van der Waals surface area contributed by atoms with Crippen LogP contribution in [0.25, 0.3) is 0 Å². The number of hydrogen-bond donors (Lipinski definition) is 0. The van der Waals surface area contributed by atoms with Gasteiger partial charge >= 0.3 is 0 Å². The standard InChI is InChI=1S/C10H15NO2/c1-2-7(1)3-9-4-8-5-13-11-10(8)6-12-9/h7-9H,1-6H2/t8-,9-/m0/s1. The highest BCUT2D eigenvalue weighted by molar-refractivity contribution is 5.89. The summed E-state index contributed by atoms with van der Waals surface area (Å²) >= 11 is 0. The first-order valence-electron chi connectivity index (χ1n) is 5.22. The summed E-state index contributed by atoms with van der Waals surface area (Å²) in [5, 5.41) is 3.98. The zero-order chi connectivity index (χ0) is 8.67. The van der Waals surface area contributed by atoms with E-state index in [2.05, 4.69) is 5.16 Å². The Kier molecular flexibility index (Phi) is 1.79. The van der Waals surface area contributed by atoms with E-state index in [0.29, 0.717) is 18.6 Å². The molecule has 3 nitrogen and oxygen atoms in total. The van der Waals surface area contributed by atoms with E-state index in [0.717, 1.165) is 24.7 Å². The summed E-state index contributed by atoms with van der Waals surface area (Å²) in [5.74, 6) is 1.53. The van der Waals surface area contributed by atoms with Crippen LogP contribution in [-0.4, -0.2) is 25.0 Å². The van der Waals surface area contributed by atoms with Gasteiger partial charge in [0.25, 0.3) is 0 Å². The van der Waals surface area contributed by atoms with Crippen molar-refractivity contribution in [3.05, 3.63) is 0 Å². The van der Waals surface area contributed by atoms with Crippen LogP contribution in [0, 0.1) is 11.8 Å². The average molecular weight is 181 g/mol. The molecule has 1 saturated carbocycles. The van der Waals surface area contributed by atoms with E-state index < -0.39 is 0 Å². The second-order valence-electron chi connectivity index (χ2n) is 4.42. The summed E-state index contributed by atoms with van der Waals surface area (Å²) < 4.78 is 5.73. The van der Waals surface area contributed by atoms with Crippen LogP contribution < -0.4 is 0 Å². The highest BCUT2D eigenvalue weighted by Crippen LogP contribution is 2.37. The van der Waals surface area contributed by atoms with Crippen LogP contribution in [-0.2, 0) is 9.57 Å². The first-order chi connectivity index (χ1) is 6.42.